The van der Waals surface area contributed by atoms with Crippen molar-refractivity contribution in [3.8, 4) is 0 Å². The van der Waals surface area contributed by atoms with Crippen LogP contribution >= 0.6 is 0 Å². The zero-order valence-electron chi connectivity index (χ0n) is 9.56. The molecule has 0 spiro atoms. The zero-order chi connectivity index (χ0) is 14.7. The Morgan fingerprint density at radius 3 is 1.72 bits per heavy atom. The monoisotopic (exact) mass is 281 g/mol. The van der Waals surface area contributed by atoms with Crippen molar-refractivity contribution in [2.75, 3.05) is 6.61 Å². The van der Waals surface area contributed by atoms with E-state index in [9.17, 15) is 31.1 Å². The lowest BCUT2D eigenvalue weighted by atomic mass is 10.0. The molecule has 0 aromatic carbocycles. The molecule has 0 fully saturated rings. The van der Waals surface area contributed by atoms with Crippen LogP contribution in [-0.2, 0) is 4.79 Å². The van der Waals surface area contributed by atoms with Gasteiger partial charge in [-0.25, -0.2) is 0 Å². The molecule has 9 heteroatoms. The van der Waals surface area contributed by atoms with Gasteiger partial charge in [0.05, 0.1) is 12.6 Å². The third-order valence-electron chi connectivity index (χ3n) is 2.25. The number of hydrogen-bond acceptors (Lipinski definition) is 2. The number of aliphatic hydroxyl groups excluding tert-OH is 1. The lowest BCUT2D eigenvalue weighted by Crippen LogP contribution is -2.52. The molecule has 0 bridgehead atoms. The largest absolute Gasteiger partial charge is 0.409 e. The quantitative estimate of drug-likeness (QED) is 0.773. The lowest BCUT2D eigenvalue weighted by Gasteiger charge is -2.26. The molecule has 1 atom stereocenters. The minimum atomic E-state index is -5.72. The third-order valence-corrected chi connectivity index (χ3v) is 2.25. The minimum Gasteiger partial charge on any atom is -0.394 e. The van der Waals surface area contributed by atoms with E-state index in [1.165, 1.54) is 13.8 Å². The van der Waals surface area contributed by atoms with Gasteiger partial charge in [-0.15, -0.1) is 0 Å². The number of halogens is 6. The number of carbonyl (C=O) groups excluding carboxylic acids is 1. The molecule has 18 heavy (non-hydrogen) atoms. The molecule has 0 aliphatic rings. The first-order valence-electron chi connectivity index (χ1n) is 4.96. The van der Waals surface area contributed by atoms with Crippen LogP contribution in [0.2, 0.25) is 0 Å². The molecular weight excluding hydrogens is 268 g/mol. The first kappa shape index (κ1) is 17.0. The van der Waals surface area contributed by atoms with E-state index in [-0.39, 0.29) is 0 Å². The van der Waals surface area contributed by atoms with Gasteiger partial charge in [-0.1, -0.05) is 13.8 Å². The van der Waals surface area contributed by atoms with Gasteiger partial charge >= 0.3 is 12.4 Å². The fourth-order valence-corrected chi connectivity index (χ4v) is 1.17. The average molecular weight is 281 g/mol. The van der Waals surface area contributed by atoms with Crippen LogP contribution in [0.3, 0.4) is 0 Å². The molecule has 0 aliphatic heterocycles. The van der Waals surface area contributed by atoms with Crippen molar-refractivity contribution in [3.63, 3.8) is 0 Å². The second-order valence-electron chi connectivity index (χ2n) is 4.06. The van der Waals surface area contributed by atoms with E-state index in [0.29, 0.717) is 0 Å². The van der Waals surface area contributed by atoms with Gasteiger partial charge in [0.2, 0.25) is 11.8 Å². The molecule has 0 aromatic rings. The molecule has 0 heterocycles. The Kier molecular flexibility index (Phi) is 5.45. The molecule has 108 valence electrons. The average Bonchev–Trinajstić information content (AvgIpc) is 2.08. The highest BCUT2D eigenvalue weighted by molar-refractivity contribution is 5.80. The van der Waals surface area contributed by atoms with E-state index in [1.807, 2.05) is 0 Å². The summed E-state index contributed by atoms with van der Waals surface area (Å²) < 4.78 is 73.1. The number of rotatable bonds is 4. The molecule has 0 radical (unpaired) electrons. The van der Waals surface area contributed by atoms with E-state index < -0.39 is 42.7 Å². The molecule has 2 N–H and O–H groups in total. The number of alkyl halides is 6. The molecule has 3 nitrogen and oxygen atoms in total. The number of amides is 1. The third kappa shape index (κ3) is 4.71. The highest BCUT2D eigenvalue weighted by Gasteiger charge is 2.61. The van der Waals surface area contributed by atoms with Crippen LogP contribution < -0.4 is 5.32 Å². The number of aliphatic hydroxyl groups is 1. The van der Waals surface area contributed by atoms with Gasteiger partial charge < -0.3 is 10.4 Å². The SMILES string of the molecule is CC(C)C(CO)NC(=O)C(C(F)(F)F)C(F)(F)F. The summed E-state index contributed by atoms with van der Waals surface area (Å²) in [5.41, 5.74) is 0. The second kappa shape index (κ2) is 5.77. The van der Waals surface area contributed by atoms with Crippen molar-refractivity contribution in [2.45, 2.75) is 32.2 Å². The predicted octanol–water partition coefficient (Wildman–Crippen LogP) is 1.86. The van der Waals surface area contributed by atoms with Gasteiger partial charge in [0.1, 0.15) is 0 Å². The molecular formula is C9H13F6NO2. The summed E-state index contributed by atoms with van der Waals surface area (Å²) in [4.78, 5) is 11.0. The fraction of sp³-hybridized carbons (Fsp3) is 0.889. The van der Waals surface area contributed by atoms with Gasteiger partial charge in [0.25, 0.3) is 0 Å². The van der Waals surface area contributed by atoms with Crippen LogP contribution in [0.15, 0.2) is 0 Å². The molecule has 0 aromatic heterocycles. The van der Waals surface area contributed by atoms with Crippen molar-refractivity contribution in [1.29, 1.82) is 0 Å². The summed E-state index contributed by atoms with van der Waals surface area (Å²) in [5, 5.41) is 10.3. The second-order valence-corrected chi connectivity index (χ2v) is 4.06. The Labute approximate surface area is 99.2 Å². The van der Waals surface area contributed by atoms with Crippen LogP contribution in [0.4, 0.5) is 26.3 Å². The maximum Gasteiger partial charge on any atom is 0.409 e. The molecule has 1 amide bonds. The van der Waals surface area contributed by atoms with E-state index >= 15 is 0 Å². The number of nitrogens with one attached hydrogen (secondary N) is 1. The zero-order valence-corrected chi connectivity index (χ0v) is 9.56. The van der Waals surface area contributed by atoms with Crippen molar-refractivity contribution < 1.29 is 36.2 Å². The van der Waals surface area contributed by atoms with Crippen LogP contribution in [0.5, 0.6) is 0 Å². The molecule has 0 saturated carbocycles. The van der Waals surface area contributed by atoms with Crippen molar-refractivity contribution in [2.24, 2.45) is 11.8 Å². The summed E-state index contributed by atoms with van der Waals surface area (Å²) in [6.45, 7) is 2.14. The normalized spacial score (nSPS) is 15.1. The van der Waals surface area contributed by atoms with Crippen LogP contribution in [0, 0.1) is 11.8 Å². The smallest absolute Gasteiger partial charge is 0.394 e. The lowest BCUT2D eigenvalue weighted by molar-refractivity contribution is -0.274. The van der Waals surface area contributed by atoms with Crippen LogP contribution in [0.25, 0.3) is 0 Å². The van der Waals surface area contributed by atoms with Gasteiger partial charge in [0.15, 0.2) is 0 Å². The topological polar surface area (TPSA) is 49.3 Å². The summed E-state index contributed by atoms with van der Waals surface area (Å²) in [5.74, 6) is -6.79. The van der Waals surface area contributed by atoms with Gasteiger partial charge in [-0.05, 0) is 5.92 Å². The van der Waals surface area contributed by atoms with Crippen LogP contribution in [-0.4, -0.2) is 36.0 Å². The Balaban J connectivity index is 5.01. The summed E-state index contributed by atoms with van der Waals surface area (Å²) in [7, 11) is 0. The van der Waals surface area contributed by atoms with Gasteiger partial charge in [-0.3, -0.25) is 4.79 Å². The molecule has 0 aliphatic carbocycles. The standard InChI is InChI=1S/C9H13F6NO2/c1-4(2)5(3-17)16-7(18)6(8(10,11)12)9(13,14)15/h4-6,17H,3H2,1-2H3,(H,16,18). The predicted molar refractivity (Wildman–Crippen MR) is 49.5 cm³/mol. The summed E-state index contributed by atoms with van der Waals surface area (Å²) in [6, 6.07) is -1.16. The van der Waals surface area contributed by atoms with Gasteiger partial charge in [0, 0.05) is 0 Å². The number of carbonyl (C=O) groups is 1. The summed E-state index contributed by atoms with van der Waals surface area (Å²) in [6.07, 6.45) is -11.4. The Hall–Kier alpha value is -0.990. The minimum absolute atomic E-state index is 0.499. The van der Waals surface area contributed by atoms with Crippen molar-refractivity contribution in [1.82, 2.24) is 5.32 Å². The van der Waals surface area contributed by atoms with E-state index in [4.69, 9.17) is 5.11 Å². The molecule has 1 unspecified atom stereocenters. The number of hydrogen-bond donors (Lipinski definition) is 2. The van der Waals surface area contributed by atoms with Crippen LogP contribution in [0.1, 0.15) is 13.8 Å². The fourth-order valence-electron chi connectivity index (χ4n) is 1.17. The first-order valence-corrected chi connectivity index (χ1v) is 4.96. The Morgan fingerprint density at radius 1 is 1.11 bits per heavy atom. The highest BCUT2D eigenvalue weighted by atomic mass is 19.4. The molecule has 0 saturated heterocycles. The Bertz CT molecular complexity index is 272. The van der Waals surface area contributed by atoms with Crippen molar-refractivity contribution >= 4 is 5.91 Å². The van der Waals surface area contributed by atoms with E-state index in [2.05, 4.69) is 0 Å². The van der Waals surface area contributed by atoms with E-state index in [0.717, 1.165) is 0 Å². The first-order chi connectivity index (χ1) is 7.91. The maximum absolute atomic E-state index is 12.2. The Morgan fingerprint density at radius 2 is 1.50 bits per heavy atom. The van der Waals surface area contributed by atoms with Crippen molar-refractivity contribution in [3.05, 3.63) is 0 Å². The maximum atomic E-state index is 12.2. The van der Waals surface area contributed by atoms with Gasteiger partial charge in [-0.2, -0.15) is 26.3 Å². The highest BCUT2D eigenvalue weighted by Crippen LogP contribution is 2.39. The molecule has 0 rings (SSSR count). The summed E-state index contributed by atoms with van der Waals surface area (Å²) >= 11 is 0. The van der Waals surface area contributed by atoms with E-state index in [1.54, 1.807) is 5.32 Å².